The molecule has 17 heavy (non-hydrogen) atoms. The molecule has 1 amide bonds. The van der Waals surface area contributed by atoms with Crippen molar-refractivity contribution in [3.63, 3.8) is 0 Å². The Balaban J connectivity index is 2.42. The lowest BCUT2D eigenvalue weighted by Gasteiger charge is -2.16. The number of carbonyl (C=O) groups is 1. The number of nitrogens with zero attached hydrogens (tertiary/aromatic N) is 1. The molecule has 94 valence electrons. The largest absolute Gasteiger partial charge is 0.350 e. The quantitative estimate of drug-likeness (QED) is 0.781. The summed E-state index contributed by atoms with van der Waals surface area (Å²) < 4.78 is 0. The number of amides is 1. The second kappa shape index (κ2) is 7.01. The highest BCUT2D eigenvalue weighted by atomic mass is 16.1. The Hall–Kier alpha value is -1.42. The molecule has 0 fully saturated rings. The van der Waals surface area contributed by atoms with Gasteiger partial charge in [0.2, 0.25) is 5.91 Å². The number of hydrogen-bond acceptors (Lipinski definition) is 3. The lowest BCUT2D eigenvalue weighted by Crippen LogP contribution is -2.35. The third-order valence-electron chi connectivity index (χ3n) is 2.58. The van der Waals surface area contributed by atoms with Crippen molar-refractivity contribution in [2.24, 2.45) is 17.6 Å². The SMILES string of the molecule is CC(C)CC(CN)C(=O)NCc1ccccn1. The van der Waals surface area contributed by atoms with E-state index in [0.29, 0.717) is 19.0 Å². The Kier molecular flexibility index (Phi) is 5.63. The van der Waals surface area contributed by atoms with Gasteiger partial charge in [-0.3, -0.25) is 9.78 Å². The predicted octanol–water partition coefficient (Wildman–Crippen LogP) is 1.32. The fourth-order valence-electron chi connectivity index (χ4n) is 1.70. The molecule has 0 aliphatic heterocycles. The lowest BCUT2D eigenvalue weighted by atomic mass is 9.96. The van der Waals surface area contributed by atoms with E-state index in [-0.39, 0.29) is 11.8 Å². The van der Waals surface area contributed by atoms with Crippen LogP contribution in [0.5, 0.6) is 0 Å². The first-order chi connectivity index (χ1) is 8.13. The number of nitrogens with two attached hydrogens (primary N) is 1. The minimum Gasteiger partial charge on any atom is -0.350 e. The molecule has 0 aliphatic carbocycles. The van der Waals surface area contributed by atoms with E-state index in [0.717, 1.165) is 12.1 Å². The Morgan fingerprint density at radius 3 is 2.76 bits per heavy atom. The van der Waals surface area contributed by atoms with E-state index >= 15 is 0 Å². The first-order valence-electron chi connectivity index (χ1n) is 6.01. The van der Waals surface area contributed by atoms with Crippen LogP contribution >= 0.6 is 0 Å². The molecular formula is C13H21N3O. The van der Waals surface area contributed by atoms with Gasteiger partial charge >= 0.3 is 0 Å². The van der Waals surface area contributed by atoms with Crippen molar-refractivity contribution in [2.45, 2.75) is 26.8 Å². The van der Waals surface area contributed by atoms with E-state index in [2.05, 4.69) is 24.1 Å². The van der Waals surface area contributed by atoms with Crippen molar-refractivity contribution >= 4 is 5.91 Å². The van der Waals surface area contributed by atoms with Crippen molar-refractivity contribution in [3.05, 3.63) is 30.1 Å². The molecule has 4 nitrogen and oxygen atoms in total. The van der Waals surface area contributed by atoms with Crippen LogP contribution in [-0.4, -0.2) is 17.4 Å². The van der Waals surface area contributed by atoms with Gasteiger partial charge in [-0.25, -0.2) is 0 Å². The van der Waals surface area contributed by atoms with Crippen molar-refractivity contribution in [1.29, 1.82) is 0 Å². The Bertz CT molecular complexity index is 338. The van der Waals surface area contributed by atoms with Crippen LogP contribution in [0.4, 0.5) is 0 Å². The molecule has 4 heteroatoms. The number of pyridine rings is 1. The minimum atomic E-state index is -0.0984. The highest BCUT2D eigenvalue weighted by Gasteiger charge is 2.17. The van der Waals surface area contributed by atoms with Crippen LogP contribution in [0.1, 0.15) is 26.0 Å². The molecule has 1 aromatic heterocycles. The minimum absolute atomic E-state index is 0.0202. The van der Waals surface area contributed by atoms with Crippen LogP contribution in [0, 0.1) is 11.8 Å². The van der Waals surface area contributed by atoms with Crippen molar-refractivity contribution in [1.82, 2.24) is 10.3 Å². The van der Waals surface area contributed by atoms with Crippen LogP contribution in [-0.2, 0) is 11.3 Å². The van der Waals surface area contributed by atoms with E-state index in [9.17, 15) is 4.79 Å². The van der Waals surface area contributed by atoms with Gasteiger partial charge in [0.15, 0.2) is 0 Å². The summed E-state index contributed by atoms with van der Waals surface area (Å²) in [5.74, 6) is 0.398. The second-order valence-corrected chi connectivity index (χ2v) is 4.60. The summed E-state index contributed by atoms with van der Waals surface area (Å²) in [5, 5.41) is 2.87. The summed E-state index contributed by atoms with van der Waals surface area (Å²) in [7, 11) is 0. The number of carbonyl (C=O) groups excluding carboxylic acids is 1. The van der Waals surface area contributed by atoms with E-state index in [1.165, 1.54) is 0 Å². The molecule has 1 unspecified atom stereocenters. The molecular weight excluding hydrogens is 214 g/mol. The molecule has 0 aliphatic rings. The first-order valence-corrected chi connectivity index (χ1v) is 6.01. The zero-order valence-corrected chi connectivity index (χ0v) is 10.5. The van der Waals surface area contributed by atoms with Crippen LogP contribution < -0.4 is 11.1 Å². The Morgan fingerprint density at radius 1 is 1.47 bits per heavy atom. The highest BCUT2D eigenvalue weighted by molar-refractivity contribution is 5.78. The van der Waals surface area contributed by atoms with Gasteiger partial charge in [-0.05, 0) is 24.5 Å². The smallest absolute Gasteiger partial charge is 0.224 e. The third kappa shape index (κ3) is 4.95. The molecule has 1 aromatic rings. The standard InChI is InChI=1S/C13H21N3O/c1-10(2)7-11(8-14)13(17)16-9-12-5-3-4-6-15-12/h3-6,10-11H,7-9,14H2,1-2H3,(H,16,17). The van der Waals surface area contributed by atoms with E-state index < -0.39 is 0 Å². The van der Waals surface area contributed by atoms with Crippen LogP contribution in [0.3, 0.4) is 0 Å². The maximum absolute atomic E-state index is 11.9. The number of rotatable bonds is 6. The zero-order chi connectivity index (χ0) is 12.7. The van der Waals surface area contributed by atoms with Crippen LogP contribution in [0.2, 0.25) is 0 Å². The number of nitrogens with one attached hydrogen (secondary N) is 1. The molecule has 0 spiro atoms. The maximum atomic E-state index is 11.9. The zero-order valence-electron chi connectivity index (χ0n) is 10.5. The van der Waals surface area contributed by atoms with Crippen molar-refractivity contribution < 1.29 is 4.79 Å². The molecule has 0 bridgehead atoms. The van der Waals surface area contributed by atoms with Crippen LogP contribution in [0.25, 0.3) is 0 Å². The summed E-state index contributed by atoms with van der Waals surface area (Å²) in [6, 6.07) is 5.65. The van der Waals surface area contributed by atoms with Crippen molar-refractivity contribution in [2.75, 3.05) is 6.54 Å². The van der Waals surface area contributed by atoms with Gasteiger partial charge in [-0.1, -0.05) is 19.9 Å². The Labute approximate surface area is 103 Å². The summed E-state index contributed by atoms with van der Waals surface area (Å²) in [6.45, 7) is 5.05. The monoisotopic (exact) mass is 235 g/mol. The average Bonchev–Trinajstić information content (AvgIpc) is 2.34. The van der Waals surface area contributed by atoms with Gasteiger partial charge in [-0.15, -0.1) is 0 Å². The fourth-order valence-corrected chi connectivity index (χ4v) is 1.70. The topological polar surface area (TPSA) is 68.0 Å². The first kappa shape index (κ1) is 13.6. The lowest BCUT2D eigenvalue weighted by molar-refractivity contribution is -0.125. The molecule has 0 saturated heterocycles. The maximum Gasteiger partial charge on any atom is 0.224 e. The summed E-state index contributed by atoms with van der Waals surface area (Å²) in [5.41, 5.74) is 6.48. The predicted molar refractivity (Wildman–Crippen MR) is 68.1 cm³/mol. The van der Waals surface area contributed by atoms with E-state index in [1.54, 1.807) is 6.20 Å². The van der Waals surface area contributed by atoms with Crippen LogP contribution in [0.15, 0.2) is 24.4 Å². The summed E-state index contributed by atoms with van der Waals surface area (Å²) >= 11 is 0. The van der Waals surface area contributed by atoms with Gasteiger partial charge in [-0.2, -0.15) is 0 Å². The van der Waals surface area contributed by atoms with Gasteiger partial charge in [0.05, 0.1) is 18.2 Å². The van der Waals surface area contributed by atoms with Gasteiger partial charge in [0.25, 0.3) is 0 Å². The molecule has 1 atom stereocenters. The molecule has 0 saturated carbocycles. The molecule has 0 aromatic carbocycles. The normalized spacial score (nSPS) is 12.5. The van der Waals surface area contributed by atoms with Gasteiger partial charge < -0.3 is 11.1 Å². The Morgan fingerprint density at radius 2 is 2.24 bits per heavy atom. The molecule has 0 radical (unpaired) electrons. The number of aromatic nitrogens is 1. The molecule has 1 heterocycles. The number of hydrogen-bond donors (Lipinski definition) is 2. The fraction of sp³-hybridized carbons (Fsp3) is 0.538. The van der Waals surface area contributed by atoms with Gasteiger partial charge in [0, 0.05) is 12.7 Å². The molecule has 3 N–H and O–H groups in total. The third-order valence-corrected chi connectivity index (χ3v) is 2.58. The molecule has 1 rings (SSSR count). The summed E-state index contributed by atoms with van der Waals surface area (Å²) in [4.78, 5) is 16.0. The average molecular weight is 235 g/mol. The van der Waals surface area contributed by atoms with Gasteiger partial charge in [0.1, 0.15) is 0 Å². The summed E-state index contributed by atoms with van der Waals surface area (Å²) in [6.07, 6.45) is 2.54. The van der Waals surface area contributed by atoms with Crippen molar-refractivity contribution in [3.8, 4) is 0 Å². The second-order valence-electron chi connectivity index (χ2n) is 4.60. The van der Waals surface area contributed by atoms with E-state index in [1.807, 2.05) is 18.2 Å². The van der Waals surface area contributed by atoms with E-state index in [4.69, 9.17) is 5.73 Å². The highest BCUT2D eigenvalue weighted by Crippen LogP contribution is 2.10.